The molecule has 0 unspecified atom stereocenters. The van der Waals surface area contributed by atoms with E-state index in [9.17, 15) is 0 Å². The fraction of sp³-hybridized carbons (Fsp3) is 0.500. The standard InChI is InChI=1S/C4H7NOS/c6-2-4-1-5-3-7-4/h1,5-6H,2-3H2. The molecule has 0 aromatic rings. The lowest BCUT2D eigenvalue weighted by molar-refractivity contribution is 0.339. The number of nitrogens with one attached hydrogen (secondary N) is 1. The van der Waals surface area contributed by atoms with E-state index < -0.39 is 0 Å². The van der Waals surface area contributed by atoms with Gasteiger partial charge in [0.05, 0.1) is 12.5 Å². The quantitative estimate of drug-likeness (QED) is 0.511. The SMILES string of the molecule is OCC1=CNCS1. The molecule has 0 aromatic heterocycles. The highest BCUT2D eigenvalue weighted by molar-refractivity contribution is 8.03. The lowest BCUT2D eigenvalue weighted by atomic mass is 10.6. The van der Waals surface area contributed by atoms with Crippen LogP contribution in [-0.4, -0.2) is 17.6 Å². The van der Waals surface area contributed by atoms with Crippen LogP contribution in [0.4, 0.5) is 0 Å². The van der Waals surface area contributed by atoms with Crippen molar-refractivity contribution in [3.8, 4) is 0 Å². The second-order valence-corrected chi connectivity index (χ2v) is 2.36. The Labute approximate surface area is 46.6 Å². The first-order valence-corrected chi connectivity index (χ1v) is 3.08. The minimum atomic E-state index is 0.178. The summed E-state index contributed by atoms with van der Waals surface area (Å²) in [5.41, 5.74) is 0. The van der Waals surface area contributed by atoms with Gasteiger partial charge in [-0.2, -0.15) is 0 Å². The molecule has 2 nitrogen and oxygen atoms in total. The topological polar surface area (TPSA) is 32.3 Å². The highest BCUT2D eigenvalue weighted by Gasteiger charge is 1.99. The van der Waals surface area contributed by atoms with Gasteiger partial charge in [-0.05, 0) is 0 Å². The Morgan fingerprint density at radius 2 is 2.86 bits per heavy atom. The molecule has 0 radical (unpaired) electrons. The van der Waals surface area contributed by atoms with Crippen LogP contribution in [0.3, 0.4) is 0 Å². The summed E-state index contributed by atoms with van der Waals surface area (Å²) >= 11 is 1.64. The maximum absolute atomic E-state index is 8.44. The van der Waals surface area contributed by atoms with Crippen molar-refractivity contribution in [1.29, 1.82) is 0 Å². The third-order valence-corrected chi connectivity index (χ3v) is 1.69. The first kappa shape index (κ1) is 5.00. The minimum absolute atomic E-state index is 0.178. The van der Waals surface area contributed by atoms with Crippen molar-refractivity contribution >= 4 is 11.8 Å². The van der Waals surface area contributed by atoms with Crippen LogP contribution >= 0.6 is 11.8 Å². The Balaban J connectivity index is 2.36. The van der Waals surface area contributed by atoms with Crippen LogP contribution in [0.5, 0.6) is 0 Å². The number of thioether (sulfide) groups is 1. The summed E-state index contributed by atoms with van der Waals surface area (Å²) in [4.78, 5) is 1.03. The number of aliphatic hydroxyl groups is 1. The van der Waals surface area contributed by atoms with Gasteiger partial charge in [-0.25, -0.2) is 0 Å². The van der Waals surface area contributed by atoms with E-state index in [0.717, 1.165) is 10.8 Å². The lowest BCUT2D eigenvalue weighted by Gasteiger charge is -1.86. The summed E-state index contributed by atoms with van der Waals surface area (Å²) in [6.07, 6.45) is 1.84. The summed E-state index contributed by atoms with van der Waals surface area (Å²) in [5, 5.41) is 11.4. The van der Waals surface area contributed by atoms with Crippen molar-refractivity contribution < 1.29 is 5.11 Å². The zero-order valence-corrected chi connectivity index (χ0v) is 4.66. The van der Waals surface area contributed by atoms with E-state index in [-0.39, 0.29) is 6.61 Å². The smallest absolute Gasteiger partial charge is 0.0755 e. The maximum atomic E-state index is 8.44. The summed E-state index contributed by atoms with van der Waals surface area (Å²) in [6.45, 7) is 0.178. The zero-order valence-electron chi connectivity index (χ0n) is 3.85. The Hall–Kier alpha value is -0.150. The van der Waals surface area contributed by atoms with Crippen LogP contribution in [0.2, 0.25) is 0 Å². The van der Waals surface area contributed by atoms with Gasteiger partial charge in [0.2, 0.25) is 0 Å². The molecular formula is C4H7NOS. The van der Waals surface area contributed by atoms with Crippen LogP contribution < -0.4 is 5.32 Å². The average Bonchev–Trinajstić information content (AvgIpc) is 2.14. The van der Waals surface area contributed by atoms with Crippen LogP contribution in [0.15, 0.2) is 11.1 Å². The Bertz CT molecular complexity index is 91.7. The Morgan fingerprint density at radius 1 is 2.00 bits per heavy atom. The van der Waals surface area contributed by atoms with Gasteiger partial charge in [0, 0.05) is 11.1 Å². The molecular weight excluding hydrogens is 110 g/mol. The molecule has 2 N–H and O–H groups in total. The van der Waals surface area contributed by atoms with Crippen LogP contribution in [0.25, 0.3) is 0 Å². The Kier molecular flexibility index (Phi) is 1.59. The summed E-state index contributed by atoms with van der Waals surface area (Å²) in [6, 6.07) is 0. The molecule has 1 aliphatic heterocycles. The summed E-state index contributed by atoms with van der Waals surface area (Å²) in [5.74, 6) is 0.913. The van der Waals surface area contributed by atoms with E-state index in [1.54, 1.807) is 11.8 Å². The van der Waals surface area contributed by atoms with E-state index in [2.05, 4.69) is 5.32 Å². The molecule has 0 aromatic carbocycles. The maximum Gasteiger partial charge on any atom is 0.0755 e. The van der Waals surface area contributed by atoms with E-state index in [1.165, 1.54) is 0 Å². The van der Waals surface area contributed by atoms with Gasteiger partial charge in [-0.1, -0.05) is 0 Å². The summed E-state index contributed by atoms with van der Waals surface area (Å²) < 4.78 is 0. The van der Waals surface area contributed by atoms with Crippen molar-refractivity contribution in [3.63, 3.8) is 0 Å². The highest BCUT2D eigenvalue weighted by Crippen LogP contribution is 2.16. The summed E-state index contributed by atoms with van der Waals surface area (Å²) in [7, 11) is 0. The fourth-order valence-corrected chi connectivity index (χ4v) is 1.03. The largest absolute Gasteiger partial charge is 0.391 e. The van der Waals surface area contributed by atoms with Gasteiger partial charge in [0.25, 0.3) is 0 Å². The molecule has 0 saturated carbocycles. The number of rotatable bonds is 1. The molecule has 0 aliphatic carbocycles. The van der Waals surface area contributed by atoms with Gasteiger partial charge >= 0.3 is 0 Å². The number of hydrogen-bond acceptors (Lipinski definition) is 3. The first-order valence-electron chi connectivity index (χ1n) is 2.09. The fourth-order valence-electron chi connectivity index (χ4n) is 0.423. The molecule has 0 bridgehead atoms. The van der Waals surface area contributed by atoms with E-state index in [1.807, 2.05) is 6.20 Å². The second kappa shape index (κ2) is 2.23. The molecule has 1 rings (SSSR count). The normalized spacial score (nSPS) is 18.7. The van der Waals surface area contributed by atoms with Crippen LogP contribution in [-0.2, 0) is 0 Å². The third-order valence-electron chi connectivity index (χ3n) is 0.760. The van der Waals surface area contributed by atoms with E-state index in [0.29, 0.717) is 0 Å². The predicted octanol–water partition coefficient (Wildman–Crippen LogP) is 0.114. The highest BCUT2D eigenvalue weighted by atomic mass is 32.2. The molecule has 0 spiro atoms. The van der Waals surface area contributed by atoms with Gasteiger partial charge in [-0.15, -0.1) is 11.8 Å². The minimum Gasteiger partial charge on any atom is -0.391 e. The van der Waals surface area contributed by atoms with Gasteiger partial charge < -0.3 is 10.4 Å². The monoisotopic (exact) mass is 117 g/mol. The van der Waals surface area contributed by atoms with Crippen LogP contribution in [0.1, 0.15) is 0 Å². The third kappa shape index (κ3) is 1.11. The number of aliphatic hydroxyl groups excluding tert-OH is 1. The van der Waals surface area contributed by atoms with Crippen molar-refractivity contribution in [2.24, 2.45) is 0 Å². The molecule has 0 saturated heterocycles. The van der Waals surface area contributed by atoms with Crippen molar-refractivity contribution in [2.75, 3.05) is 12.5 Å². The lowest BCUT2D eigenvalue weighted by Crippen LogP contribution is -1.94. The number of hydrogen-bond donors (Lipinski definition) is 2. The van der Waals surface area contributed by atoms with Crippen molar-refractivity contribution in [1.82, 2.24) is 5.32 Å². The molecule has 1 aliphatic rings. The first-order chi connectivity index (χ1) is 3.43. The predicted molar refractivity (Wildman–Crippen MR) is 30.8 cm³/mol. The molecule has 3 heteroatoms. The average molecular weight is 117 g/mol. The van der Waals surface area contributed by atoms with E-state index >= 15 is 0 Å². The van der Waals surface area contributed by atoms with Gasteiger partial charge in [-0.3, -0.25) is 0 Å². The molecule has 0 atom stereocenters. The Morgan fingerprint density at radius 3 is 3.14 bits per heavy atom. The van der Waals surface area contributed by atoms with Gasteiger partial charge in [0.1, 0.15) is 0 Å². The molecule has 1 heterocycles. The molecule has 7 heavy (non-hydrogen) atoms. The van der Waals surface area contributed by atoms with Crippen molar-refractivity contribution in [3.05, 3.63) is 11.1 Å². The molecule has 40 valence electrons. The molecule has 0 amide bonds. The van der Waals surface area contributed by atoms with Crippen LogP contribution in [0, 0.1) is 0 Å². The zero-order chi connectivity index (χ0) is 5.11. The van der Waals surface area contributed by atoms with Crippen molar-refractivity contribution in [2.45, 2.75) is 0 Å². The van der Waals surface area contributed by atoms with E-state index in [4.69, 9.17) is 5.11 Å². The second-order valence-electron chi connectivity index (χ2n) is 1.26. The van der Waals surface area contributed by atoms with Gasteiger partial charge in [0.15, 0.2) is 0 Å². The molecule has 0 fully saturated rings.